The first kappa shape index (κ1) is 13.6. The van der Waals surface area contributed by atoms with Crippen LogP contribution in [0.5, 0.6) is 0 Å². The number of carbonyl (C=O) groups is 1. The first-order valence-electron chi connectivity index (χ1n) is 6.30. The fourth-order valence-electron chi connectivity index (χ4n) is 2.43. The molecule has 1 fully saturated rings. The summed E-state index contributed by atoms with van der Waals surface area (Å²) in [5, 5.41) is 3.13. The maximum Gasteiger partial charge on any atom is 0.268 e. The third kappa shape index (κ3) is 2.95. The van der Waals surface area contributed by atoms with Crippen LogP contribution < -0.4 is 5.32 Å². The van der Waals surface area contributed by atoms with Crippen molar-refractivity contribution < 1.29 is 4.79 Å². The van der Waals surface area contributed by atoms with E-state index in [9.17, 15) is 4.79 Å². The summed E-state index contributed by atoms with van der Waals surface area (Å²) in [5.74, 6) is 0.0185. The number of nitrogens with one attached hydrogen (secondary N) is 1. The third-order valence-corrected chi connectivity index (χ3v) is 4.18. The van der Waals surface area contributed by atoms with Gasteiger partial charge in [-0.3, -0.25) is 4.79 Å². The molecule has 1 aromatic rings. The lowest BCUT2D eigenvalue weighted by Crippen LogP contribution is -2.47. The smallest absolute Gasteiger partial charge is 0.268 e. The number of amides is 1. The Kier molecular flexibility index (Phi) is 4.12. The molecular weight excluding hydrogens is 294 g/mol. The lowest BCUT2D eigenvalue weighted by Gasteiger charge is -2.35. The molecule has 0 radical (unpaired) electrons. The van der Waals surface area contributed by atoms with Crippen LogP contribution in [0.25, 0.3) is 0 Å². The minimum atomic E-state index is 0.0185. The average Bonchev–Trinajstić information content (AvgIpc) is 2.63. The van der Waals surface area contributed by atoms with Crippen LogP contribution >= 0.6 is 15.9 Å². The van der Waals surface area contributed by atoms with Crippen molar-refractivity contribution >= 4 is 21.8 Å². The molecule has 0 saturated carbocycles. The van der Waals surface area contributed by atoms with Gasteiger partial charge in [0.25, 0.3) is 5.91 Å². The standard InChI is InChI=1S/C13H20BrN3O/c1-9-6-11(4-5-16(9)2)15-13(18)12-7-10(14)8-17(12)3/h7-9,11H,4-6H2,1-3H3,(H,15,18). The van der Waals surface area contributed by atoms with Crippen molar-refractivity contribution in [2.24, 2.45) is 7.05 Å². The monoisotopic (exact) mass is 313 g/mol. The van der Waals surface area contributed by atoms with E-state index in [1.54, 1.807) is 0 Å². The van der Waals surface area contributed by atoms with E-state index in [-0.39, 0.29) is 11.9 Å². The van der Waals surface area contributed by atoms with Gasteiger partial charge in [-0.1, -0.05) is 0 Å². The molecular formula is C13H20BrN3O. The number of piperidine rings is 1. The lowest BCUT2D eigenvalue weighted by molar-refractivity contribution is 0.0888. The van der Waals surface area contributed by atoms with Crippen molar-refractivity contribution in [2.75, 3.05) is 13.6 Å². The second-order valence-electron chi connectivity index (χ2n) is 5.18. The number of hydrogen-bond donors (Lipinski definition) is 1. The Labute approximate surface area is 116 Å². The zero-order valence-electron chi connectivity index (χ0n) is 11.1. The van der Waals surface area contributed by atoms with Gasteiger partial charge >= 0.3 is 0 Å². The van der Waals surface area contributed by atoms with E-state index in [2.05, 4.69) is 40.1 Å². The Morgan fingerprint density at radius 1 is 1.50 bits per heavy atom. The Morgan fingerprint density at radius 3 is 2.78 bits per heavy atom. The normalized spacial score (nSPS) is 25.1. The lowest BCUT2D eigenvalue weighted by atomic mass is 9.99. The molecule has 2 rings (SSSR count). The highest BCUT2D eigenvalue weighted by Crippen LogP contribution is 2.17. The van der Waals surface area contributed by atoms with Gasteiger partial charge in [-0.2, -0.15) is 0 Å². The van der Waals surface area contributed by atoms with E-state index < -0.39 is 0 Å². The molecule has 2 unspecified atom stereocenters. The van der Waals surface area contributed by atoms with Crippen molar-refractivity contribution in [3.63, 3.8) is 0 Å². The number of carbonyl (C=O) groups excluding carboxylic acids is 1. The Morgan fingerprint density at radius 2 is 2.22 bits per heavy atom. The van der Waals surface area contributed by atoms with Crippen molar-refractivity contribution in [3.05, 3.63) is 22.4 Å². The van der Waals surface area contributed by atoms with Crippen LogP contribution in [0.1, 0.15) is 30.3 Å². The van der Waals surface area contributed by atoms with Gasteiger partial charge in [-0.15, -0.1) is 0 Å². The zero-order valence-corrected chi connectivity index (χ0v) is 12.7. The minimum Gasteiger partial charge on any atom is -0.348 e. The predicted molar refractivity (Wildman–Crippen MR) is 75.7 cm³/mol. The van der Waals surface area contributed by atoms with Gasteiger partial charge in [-0.25, -0.2) is 0 Å². The highest BCUT2D eigenvalue weighted by atomic mass is 79.9. The largest absolute Gasteiger partial charge is 0.348 e. The Balaban J connectivity index is 1.98. The number of halogens is 1. The maximum atomic E-state index is 12.2. The molecule has 1 aliphatic heterocycles. The third-order valence-electron chi connectivity index (χ3n) is 3.75. The molecule has 0 spiro atoms. The molecule has 1 aliphatic rings. The fourth-order valence-corrected chi connectivity index (χ4v) is 2.95. The molecule has 0 aromatic carbocycles. The van der Waals surface area contributed by atoms with Crippen molar-refractivity contribution in [3.8, 4) is 0 Å². The van der Waals surface area contributed by atoms with E-state index in [4.69, 9.17) is 0 Å². The number of nitrogens with zero attached hydrogens (tertiary/aromatic N) is 2. The average molecular weight is 314 g/mol. The van der Waals surface area contributed by atoms with Crippen LogP contribution in [0, 0.1) is 0 Å². The summed E-state index contributed by atoms with van der Waals surface area (Å²) in [6, 6.07) is 2.68. The minimum absolute atomic E-state index is 0.0185. The molecule has 0 bridgehead atoms. The van der Waals surface area contributed by atoms with E-state index >= 15 is 0 Å². The van der Waals surface area contributed by atoms with Gasteiger partial charge in [0.2, 0.25) is 0 Å². The summed E-state index contributed by atoms with van der Waals surface area (Å²) in [6.07, 6.45) is 3.94. The van der Waals surface area contributed by atoms with Crippen LogP contribution in [-0.4, -0.2) is 41.1 Å². The van der Waals surface area contributed by atoms with Crippen LogP contribution in [0.15, 0.2) is 16.7 Å². The summed E-state index contributed by atoms with van der Waals surface area (Å²) in [6.45, 7) is 3.25. The number of aromatic nitrogens is 1. The first-order valence-corrected chi connectivity index (χ1v) is 7.09. The van der Waals surface area contributed by atoms with Crippen LogP contribution in [0.3, 0.4) is 0 Å². The second-order valence-corrected chi connectivity index (χ2v) is 6.09. The van der Waals surface area contributed by atoms with Gasteiger partial charge in [0.1, 0.15) is 5.69 Å². The van der Waals surface area contributed by atoms with Crippen LogP contribution in [0.2, 0.25) is 0 Å². The van der Waals surface area contributed by atoms with E-state index in [1.165, 1.54) is 0 Å². The second kappa shape index (κ2) is 5.45. The van der Waals surface area contributed by atoms with Gasteiger partial charge in [0.15, 0.2) is 0 Å². The topological polar surface area (TPSA) is 37.3 Å². The number of rotatable bonds is 2. The van der Waals surface area contributed by atoms with Crippen molar-refractivity contribution in [1.82, 2.24) is 14.8 Å². The summed E-state index contributed by atoms with van der Waals surface area (Å²) >= 11 is 3.39. The van der Waals surface area contributed by atoms with Crippen molar-refractivity contribution in [2.45, 2.75) is 31.8 Å². The highest BCUT2D eigenvalue weighted by Gasteiger charge is 2.24. The summed E-state index contributed by atoms with van der Waals surface area (Å²) in [4.78, 5) is 14.5. The first-order chi connectivity index (χ1) is 8.47. The van der Waals surface area contributed by atoms with Gasteiger partial charge in [-0.05, 0) is 48.8 Å². The molecule has 1 amide bonds. The Hall–Kier alpha value is -0.810. The number of aryl methyl sites for hydroxylation is 1. The molecule has 4 nitrogen and oxygen atoms in total. The van der Waals surface area contributed by atoms with Crippen molar-refractivity contribution in [1.29, 1.82) is 0 Å². The molecule has 1 saturated heterocycles. The molecule has 1 aromatic heterocycles. The van der Waals surface area contributed by atoms with Gasteiger partial charge in [0, 0.05) is 36.3 Å². The molecule has 0 aliphatic carbocycles. The number of hydrogen-bond acceptors (Lipinski definition) is 2. The summed E-state index contributed by atoms with van der Waals surface area (Å²) in [7, 11) is 4.02. The number of likely N-dealkylation sites (tertiary alicyclic amines) is 1. The molecule has 1 N–H and O–H groups in total. The quantitative estimate of drug-likeness (QED) is 0.906. The highest BCUT2D eigenvalue weighted by molar-refractivity contribution is 9.10. The summed E-state index contributed by atoms with van der Waals surface area (Å²) in [5.41, 5.74) is 0.702. The van der Waals surface area contributed by atoms with Gasteiger partial charge in [0.05, 0.1) is 0 Å². The SMILES string of the molecule is CC1CC(NC(=O)c2cc(Br)cn2C)CCN1C. The summed E-state index contributed by atoms with van der Waals surface area (Å²) < 4.78 is 2.78. The predicted octanol–water partition coefficient (Wildman–Crippen LogP) is 2.00. The molecule has 18 heavy (non-hydrogen) atoms. The molecule has 2 heterocycles. The van der Waals surface area contributed by atoms with E-state index in [0.29, 0.717) is 11.7 Å². The molecule has 100 valence electrons. The van der Waals surface area contributed by atoms with Crippen LogP contribution in [0.4, 0.5) is 0 Å². The van der Waals surface area contributed by atoms with E-state index in [1.807, 2.05) is 23.9 Å². The fraction of sp³-hybridized carbons (Fsp3) is 0.615. The zero-order chi connectivity index (χ0) is 13.3. The molecule has 5 heteroatoms. The van der Waals surface area contributed by atoms with Crippen LogP contribution in [-0.2, 0) is 7.05 Å². The molecule has 2 atom stereocenters. The van der Waals surface area contributed by atoms with Gasteiger partial charge < -0.3 is 14.8 Å². The maximum absolute atomic E-state index is 12.2. The Bertz CT molecular complexity index is 443. The van der Waals surface area contributed by atoms with E-state index in [0.717, 1.165) is 23.9 Å².